The largest absolute Gasteiger partial charge is 0.307 e. The molecule has 3 rings (SSSR count). The quantitative estimate of drug-likeness (QED) is 0.787. The Bertz CT molecular complexity index is 591. The van der Waals surface area contributed by atoms with Crippen molar-refractivity contribution in [3.63, 3.8) is 0 Å². The Kier molecular flexibility index (Phi) is 2.88. The number of nitrogens with zero attached hydrogens (tertiary/aromatic N) is 2. The maximum absolute atomic E-state index is 12.5. The van der Waals surface area contributed by atoms with Crippen LogP contribution in [0.4, 0.5) is 5.69 Å². The number of carbonyl (C=O) groups is 1. The molecule has 1 aliphatic rings. The molecule has 3 nitrogen and oxygen atoms in total. The summed E-state index contributed by atoms with van der Waals surface area (Å²) >= 11 is 1.52. The van der Waals surface area contributed by atoms with Crippen molar-refractivity contribution in [2.45, 2.75) is 19.8 Å². The van der Waals surface area contributed by atoms with Crippen LogP contribution in [0.3, 0.4) is 0 Å². The number of aromatic nitrogens is 1. The zero-order chi connectivity index (χ0) is 12.5. The highest BCUT2D eigenvalue weighted by molar-refractivity contribution is 7.09. The van der Waals surface area contributed by atoms with Crippen LogP contribution in [0.25, 0.3) is 0 Å². The molecular weight excluding hydrogens is 244 g/mol. The molecule has 0 N–H and O–H groups in total. The van der Waals surface area contributed by atoms with Crippen molar-refractivity contribution in [2.75, 3.05) is 11.4 Å². The van der Waals surface area contributed by atoms with Crippen molar-refractivity contribution in [1.82, 2.24) is 4.98 Å². The van der Waals surface area contributed by atoms with Gasteiger partial charge in [0.05, 0.1) is 5.51 Å². The molecule has 1 aliphatic heterocycles. The molecule has 18 heavy (non-hydrogen) atoms. The normalized spacial score (nSPS) is 14.4. The molecule has 0 fully saturated rings. The summed E-state index contributed by atoms with van der Waals surface area (Å²) in [6, 6.07) is 8.13. The number of para-hydroxylation sites is 1. The first-order valence-electron chi connectivity index (χ1n) is 6.07. The number of aryl methyl sites for hydroxylation is 2. The number of fused-ring (bicyclic) bond motifs is 1. The van der Waals surface area contributed by atoms with E-state index in [1.165, 1.54) is 16.9 Å². The van der Waals surface area contributed by atoms with Crippen molar-refractivity contribution < 1.29 is 4.79 Å². The lowest BCUT2D eigenvalue weighted by molar-refractivity contribution is 0.0980. The lowest BCUT2D eigenvalue weighted by Crippen LogP contribution is -2.35. The van der Waals surface area contributed by atoms with Crippen LogP contribution in [0.2, 0.25) is 0 Å². The Morgan fingerprint density at radius 2 is 2.22 bits per heavy atom. The molecule has 0 saturated heterocycles. The highest BCUT2D eigenvalue weighted by atomic mass is 32.1. The third-order valence-corrected chi connectivity index (χ3v) is 4.06. The summed E-state index contributed by atoms with van der Waals surface area (Å²) in [7, 11) is 0. The zero-order valence-electron chi connectivity index (χ0n) is 10.2. The van der Waals surface area contributed by atoms with Crippen LogP contribution in [0.15, 0.2) is 29.8 Å². The van der Waals surface area contributed by atoms with Gasteiger partial charge in [-0.05, 0) is 31.4 Å². The van der Waals surface area contributed by atoms with E-state index in [0.717, 1.165) is 30.0 Å². The highest BCUT2D eigenvalue weighted by Crippen LogP contribution is 2.28. The molecule has 92 valence electrons. The summed E-state index contributed by atoms with van der Waals surface area (Å²) in [5.41, 5.74) is 4.63. The summed E-state index contributed by atoms with van der Waals surface area (Å²) in [4.78, 5) is 19.6. The lowest BCUT2D eigenvalue weighted by atomic mass is 10.0. The number of hydrogen-bond donors (Lipinski definition) is 0. The van der Waals surface area contributed by atoms with Gasteiger partial charge in [0.25, 0.3) is 5.91 Å². The minimum atomic E-state index is 0.0286. The molecule has 1 amide bonds. The van der Waals surface area contributed by atoms with Crippen LogP contribution in [-0.2, 0) is 6.42 Å². The smallest absolute Gasteiger partial charge is 0.278 e. The maximum Gasteiger partial charge on any atom is 0.278 e. The van der Waals surface area contributed by atoms with Gasteiger partial charge in [-0.25, -0.2) is 4.98 Å². The average Bonchev–Trinajstić information content (AvgIpc) is 2.83. The van der Waals surface area contributed by atoms with E-state index in [1.54, 1.807) is 5.51 Å². The Hall–Kier alpha value is -1.68. The molecule has 0 atom stereocenters. The van der Waals surface area contributed by atoms with Crippen LogP contribution < -0.4 is 4.90 Å². The second kappa shape index (κ2) is 4.53. The van der Waals surface area contributed by atoms with Gasteiger partial charge in [-0.1, -0.05) is 18.2 Å². The SMILES string of the molecule is Cc1scnc1C(=O)N1CCCc2ccccc21. The first-order valence-corrected chi connectivity index (χ1v) is 6.95. The maximum atomic E-state index is 12.5. The fourth-order valence-corrected chi connectivity index (χ4v) is 2.95. The standard InChI is InChI=1S/C14H14N2OS/c1-10-13(15-9-18-10)14(17)16-8-4-6-11-5-2-3-7-12(11)16/h2-3,5,7,9H,4,6,8H2,1H3. The van der Waals surface area contributed by atoms with Gasteiger partial charge in [0.15, 0.2) is 0 Å². The van der Waals surface area contributed by atoms with E-state index >= 15 is 0 Å². The van der Waals surface area contributed by atoms with Crippen LogP contribution in [0.1, 0.15) is 27.3 Å². The number of hydrogen-bond acceptors (Lipinski definition) is 3. The van der Waals surface area contributed by atoms with Crippen molar-refractivity contribution in [3.05, 3.63) is 45.9 Å². The minimum Gasteiger partial charge on any atom is -0.307 e. The predicted octanol–water partition coefficient (Wildman–Crippen LogP) is 3.04. The molecule has 0 radical (unpaired) electrons. The molecule has 0 unspecified atom stereocenters. The van der Waals surface area contributed by atoms with Crippen molar-refractivity contribution in [1.29, 1.82) is 0 Å². The van der Waals surface area contributed by atoms with Crippen LogP contribution >= 0.6 is 11.3 Å². The van der Waals surface area contributed by atoms with Gasteiger partial charge < -0.3 is 4.90 Å². The van der Waals surface area contributed by atoms with E-state index in [1.807, 2.05) is 30.0 Å². The van der Waals surface area contributed by atoms with Gasteiger partial charge in [-0.15, -0.1) is 11.3 Å². The number of rotatable bonds is 1. The average molecular weight is 258 g/mol. The Balaban J connectivity index is 2.00. The topological polar surface area (TPSA) is 33.2 Å². The first kappa shape index (κ1) is 11.4. The Morgan fingerprint density at radius 1 is 1.39 bits per heavy atom. The molecule has 2 heterocycles. The lowest BCUT2D eigenvalue weighted by Gasteiger charge is -2.29. The number of thiazole rings is 1. The summed E-state index contributed by atoms with van der Waals surface area (Å²) in [6.07, 6.45) is 2.07. The number of amides is 1. The van der Waals surface area contributed by atoms with Crippen molar-refractivity contribution >= 4 is 22.9 Å². The summed E-state index contributed by atoms with van der Waals surface area (Å²) in [5.74, 6) is 0.0286. The molecule has 0 bridgehead atoms. The molecule has 1 aromatic carbocycles. The molecule has 0 aliphatic carbocycles. The zero-order valence-corrected chi connectivity index (χ0v) is 11.0. The Labute approximate surface area is 110 Å². The summed E-state index contributed by atoms with van der Waals surface area (Å²) in [6.45, 7) is 2.73. The van der Waals surface area contributed by atoms with E-state index in [-0.39, 0.29) is 5.91 Å². The molecule has 0 spiro atoms. The van der Waals surface area contributed by atoms with Crippen molar-refractivity contribution in [2.24, 2.45) is 0 Å². The van der Waals surface area contributed by atoms with E-state index in [9.17, 15) is 4.79 Å². The van der Waals surface area contributed by atoms with Crippen LogP contribution in [-0.4, -0.2) is 17.4 Å². The van der Waals surface area contributed by atoms with Gasteiger partial charge in [0.1, 0.15) is 5.69 Å². The predicted molar refractivity (Wildman–Crippen MR) is 73.3 cm³/mol. The van der Waals surface area contributed by atoms with Gasteiger partial charge in [-0.2, -0.15) is 0 Å². The number of carbonyl (C=O) groups excluding carboxylic acids is 1. The van der Waals surface area contributed by atoms with Crippen LogP contribution in [0.5, 0.6) is 0 Å². The Morgan fingerprint density at radius 3 is 3.00 bits per heavy atom. The van der Waals surface area contributed by atoms with E-state index in [2.05, 4.69) is 11.1 Å². The van der Waals surface area contributed by atoms with E-state index in [0.29, 0.717) is 5.69 Å². The highest BCUT2D eigenvalue weighted by Gasteiger charge is 2.25. The molecule has 4 heteroatoms. The number of benzene rings is 1. The fraction of sp³-hybridized carbons (Fsp3) is 0.286. The molecule has 2 aromatic rings. The van der Waals surface area contributed by atoms with Gasteiger partial charge in [0.2, 0.25) is 0 Å². The van der Waals surface area contributed by atoms with Gasteiger partial charge in [-0.3, -0.25) is 4.79 Å². The fourth-order valence-electron chi connectivity index (χ4n) is 2.38. The van der Waals surface area contributed by atoms with Gasteiger partial charge >= 0.3 is 0 Å². The minimum absolute atomic E-state index is 0.0286. The number of anilines is 1. The van der Waals surface area contributed by atoms with Crippen molar-refractivity contribution in [3.8, 4) is 0 Å². The van der Waals surface area contributed by atoms with E-state index < -0.39 is 0 Å². The second-order valence-corrected chi connectivity index (χ2v) is 5.51. The van der Waals surface area contributed by atoms with Crippen LogP contribution in [0, 0.1) is 6.92 Å². The first-order chi connectivity index (χ1) is 8.77. The molecule has 0 saturated carbocycles. The van der Waals surface area contributed by atoms with Gasteiger partial charge in [0, 0.05) is 17.1 Å². The van der Waals surface area contributed by atoms with E-state index in [4.69, 9.17) is 0 Å². The monoisotopic (exact) mass is 258 g/mol. The summed E-state index contributed by atoms with van der Waals surface area (Å²) in [5, 5.41) is 0. The second-order valence-electron chi connectivity index (χ2n) is 4.45. The summed E-state index contributed by atoms with van der Waals surface area (Å²) < 4.78 is 0. The molecule has 1 aromatic heterocycles. The third-order valence-electron chi connectivity index (χ3n) is 3.30. The molecular formula is C14H14N2OS. The third kappa shape index (κ3) is 1.82.